The third-order valence-corrected chi connectivity index (χ3v) is 4.91. The maximum absolute atomic E-state index is 12.7. The maximum Gasteiger partial charge on any atom is 0.321 e. The summed E-state index contributed by atoms with van der Waals surface area (Å²) in [6.45, 7) is 5.33. The van der Waals surface area contributed by atoms with Gasteiger partial charge in [-0.3, -0.25) is 9.69 Å². The van der Waals surface area contributed by atoms with E-state index in [0.717, 1.165) is 17.1 Å². The van der Waals surface area contributed by atoms with Crippen LogP contribution >= 0.6 is 0 Å². The Morgan fingerprint density at radius 1 is 1.24 bits per heavy atom. The summed E-state index contributed by atoms with van der Waals surface area (Å²) in [5.41, 5.74) is 4.35. The quantitative estimate of drug-likeness (QED) is 0.899. The van der Waals surface area contributed by atoms with Crippen LogP contribution in [0.3, 0.4) is 0 Å². The zero-order valence-corrected chi connectivity index (χ0v) is 14.5. The van der Waals surface area contributed by atoms with Crippen molar-refractivity contribution in [2.45, 2.75) is 32.7 Å². The number of rotatable bonds is 4. The maximum atomic E-state index is 12.7. The molecule has 2 fully saturated rings. The number of hydrogen-bond acceptors (Lipinski definition) is 2. The highest BCUT2D eigenvalue weighted by molar-refractivity contribution is 6.05. The fourth-order valence-corrected chi connectivity index (χ4v) is 3.57. The summed E-state index contributed by atoms with van der Waals surface area (Å²) in [5.74, 6) is -0.108. The van der Waals surface area contributed by atoms with E-state index in [4.69, 9.17) is 0 Å². The SMILES string of the molecule is Cc1cc(C(=O)Nc2cccc(N3CCNC3=O)c2)c(C)n1C1CC1. The average molecular weight is 338 g/mol. The minimum atomic E-state index is -0.108. The van der Waals surface area contributed by atoms with Crippen LogP contribution in [-0.4, -0.2) is 29.6 Å². The van der Waals surface area contributed by atoms with E-state index in [0.29, 0.717) is 30.4 Å². The predicted molar refractivity (Wildman–Crippen MR) is 97.3 cm³/mol. The second kappa shape index (κ2) is 5.95. The average Bonchev–Trinajstić information content (AvgIpc) is 3.24. The van der Waals surface area contributed by atoms with E-state index in [-0.39, 0.29) is 11.9 Å². The molecule has 130 valence electrons. The smallest absolute Gasteiger partial charge is 0.321 e. The van der Waals surface area contributed by atoms with Crippen LogP contribution < -0.4 is 15.5 Å². The van der Waals surface area contributed by atoms with Crippen LogP contribution in [0.5, 0.6) is 0 Å². The van der Waals surface area contributed by atoms with Gasteiger partial charge in [0.25, 0.3) is 5.91 Å². The molecule has 6 heteroatoms. The zero-order chi connectivity index (χ0) is 17.6. The van der Waals surface area contributed by atoms with Gasteiger partial charge in [0.2, 0.25) is 0 Å². The van der Waals surface area contributed by atoms with Crippen LogP contribution in [0.4, 0.5) is 16.2 Å². The Morgan fingerprint density at radius 2 is 2.04 bits per heavy atom. The lowest BCUT2D eigenvalue weighted by Gasteiger charge is -2.15. The summed E-state index contributed by atoms with van der Waals surface area (Å²) in [4.78, 5) is 26.2. The van der Waals surface area contributed by atoms with Crippen LogP contribution in [0.2, 0.25) is 0 Å². The molecule has 1 aromatic heterocycles. The van der Waals surface area contributed by atoms with E-state index < -0.39 is 0 Å². The van der Waals surface area contributed by atoms with Crippen molar-refractivity contribution < 1.29 is 9.59 Å². The molecule has 1 saturated heterocycles. The Bertz CT molecular complexity index is 851. The van der Waals surface area contributed by atoms with Crippen LogP contribution in [0.1, 0.15) is 40.6 Å². The fraction of sp³-hybridized carbons (Fsp3) is 0.368. The highest BCUT2D eigenvalue weighted by Gasteiger charge is 2.28. The first-order chi connectivity index (χ1) is 12.0. The Labute approximate surface area is 146 Å². The number of amides is 3. The summed E-state index contributed by atoms with van der Waals surface area (Å²) in [6, 6.07) is 9.82. The van der Waals surface area contributed by atoms with Crippen LogP contribution in [0.25, 0.3) is 0 Å². The van der Waals surface area contributed by atoms with Crippen molar-refractivity contribution in [1.29, 1.82) is 0 Å². The van der Waals surface area contributed by atoms with E-state index in [1.807, 2.05) is 37.3 Å². The molecule has 2 heterocycles. The number of carbonyl (C=O) groups excluding carboxylic acids is 2. The predicted octanol–water partition coefficient (Wildman–Crippen LogP) is 3.22. The molecule has 0 radical (unpaired) electrons. The van der Waals surface area contributed by atoms with Crippen molar-refractivity contribution in [3.63, 3.8) is 0 Å². The van der Waals surface area contributed by atoms with Crippen molar-refractivity contribution in [3.8, 4) is 0 Å². The number of carbonyl (C=O) groups is 2. The third-order valence-electron chi connectivity index (χ3n) is 4.91. The topological polar surface area (TPSA) is 66.4 Å². The first kappa shape index (κ1) is 15.7. The lowest BCUT2D eigenvalue weighted by atomic mass is 10.2. The highest BCUT2D eigenvalue weighted by Crippen LogP contribution is 2.38. The summed E-state index contributed by atoms with van der Waals surface area (Å²) in [7, 11) is 0. The van der Waals surface area contributed by atoms with Crippen molar-refractivity contribution >= 4 is 23.3 Å². The molecule has 1 aliphatic carbocycles. The van der Waals surface area contributed by atoms with Gasteiger partial charge in [0, 0.05) is 41.9 Å². The van der Waals surface area contributed by atoms with E-state index >= 15 is 0 Å². The van der Waals surface area contributed by atoms with Gasteiger partial charge in [-0.15, -0.1) is 0 Å². The van der Waals surface area contributed by atoms with Gasteiger partial charge >= 0.3 is 6.03 Å². The molecule has 1 saturated carbocycles. The minimum Gasteiger partial charge on any atom is -0.345 e. The summed E-state index contributed by atoms with van der Waals surface area (Å²) in [5, 5.41) is 5.75. The Hall–Kier alpha value is -2.76. The lowest BCUT2D eigenvalue weighted by molar-refractivity contribution is 0.102. The number of anilines is 2. The molecular formula is C19H22N4O2. The van der Waals surface area contributed by atoms with Gasteiger partial charge < -0.3 is 15.2 Å². The number of nitrogens with zero attached hydrogens (tertiary/aromatic N) is 2. The summed E-state index contributed by atoms with van der Waals surface area (Å²) in [6.07, 6.45) is 2.38. The van der Waals surface area contributed by atoms with Gasteiger partial charge in [0.15, 0.2) is 0 Å². The molecule has 2 N–H and O–H groups in total. The van der Waals surface area contributed by atoms with Crippen molar-refractivity contribution in [2.75, 3.05) is 23.3 Å². The number of nitrogens with one attached hydrogen (secondary N) is 2. The normalized spacial score (nSPS) is 16.9. The molecule has 2 aliphatic rings. The summed E-state index contributed by atoms with van der Waals surface area (Å²) >= 11 is 0. The standard InChI is InChI=1S/C19H22N4O2/c1-12-10-17(13(2)23(12)15-6-7-15)18(24)21-14-4-3-5-16(11-14)22-9-8-20-19(22)25/h3-5,10-11,15H,6-9H2,1-2H3,(H,20,25)(H,21,24). The third kappa shape index (κ3) is 2.88. The van der Waals surface area contributed by atoms with Crippen LogP contribution in [0, 0.1) is 13.8 Å². The van der Waals surface area contributed by atoms with Gasteiger partial charge in [-0.1, -0.05) is 6.07 Å². The second-order valence-corrected chi connectivity index (χ2v) is 6.77. The van der Waals surface area contributed by atoms with Crippen LogP contribution in [0.15, 0.2) is 30.3 Å². The number of aryl methyl sites for hydroxylation is 1. The molecule has 25 heavy (non-hydrogen) atoms. The van der Waals surface area contributed by atoms with Crippen molar-refractivity contribution in [1.82, 2.24) is 9.88 Å². The minimum absolute atomic E-state index is 0.101. The van der Waals surface area contributed by atoms with Crippen LogP contribution in [-0.2, 0) is 0 Å². The molecule has 4 rings (SSSR count). The lowest BCUT2D eigenvalue weighted by Crippen LogP contribution is -2.27. The molecule has 6 nitrogen and oxygen atoms in total. The molecule has 0 unspecified atom stereocenters. The largest absolute Gasteiger partial charge is 0.345 e. The summed E-state index contributed by atoms with van der Waals surface area (Å²) < 4.78 is 2.26. The van der Waals surface area contributed by atoms with Gasteiger partial charge in [-0.05, 0) is 51.0 Å². The zero-order valence-electron chi connectivity index (χ0n) is 14.5. The molecule has 3 amide bonds. The number of aromatic nitrogens is 1. The van der Waals surface area contributed by atoms with Gasteiger partial charge in [0.05, 0.1) is 5.56 Å². The van der Waals surface area contributed by atoms with E-state index in [1.54, 1.807) is 4.90 Å². The number of urea groups is 1. The molecular weight excluding hydrogens is 316 g/mol. The highest BCUT2D eigenvalue weighted by atomic mass is 16.2. The molecule has 1 aromatic carbocycles. The first-order valence-corrected chi connectivity index (χ1v) is 8.70. The van der Waals surface area contributed by atoms with E-state index in [2.05, 4.69) is 22.1 Å². The molecule has 1 aliphatic heterocycles. The molecule has 0 bridgehead atoms. The number of hydrogen-bond donors (Lipinski definition) is 2. The van der Waals surface area contributed by atoms with E-state index in [9.17, 15) is 9.59 Å². The Kier molecular flexibility index (Phi) is 3.75. The number of benzene rings is 1. The Balaban J connectivity index is 1.55. The first-order valence-electron chi connectivity index (χ1n) is 8.70. The fourth-order valence-electron chi connectivity index (χ4n) is 3.57. The van der Waals surface area contributed by atoms with Gasteiger partial charge in [-0.25, -0.2) is 4.79 Å². The molecule has 0 atom stereocenters. The molecule has 0 spiro atoms. The molecule has 2 aromatic rings. The second-order valence-electron chi connectivity index (χ2n) is 6.77. The van der Waals surface area contributed by atoms with Gasteiger partial charge in [0.1, 0.15) is 0 Å². The van der Waals surface area contributed by atoms with Gasteiger partial charge in [-0.2, -0.15) is 0 Å². The van der Waals surface area contributed by atoms with Crippen molar-refractivity contribution in [2.24, 2.45) is 0 Å². The Morgan fingerprint density at radius 3 is 2.72 bits per heavy atom. The van der Waals surface area contributed by atoms with E-state index in [1.165, 1.54) is 12.8 Å². The van der Waals surface area contributed by atoms with Crippen molar-refractivity contribution in [3.05, 3.63) is 47.3 Å². The monoisotopic (exact) mass is 338 g/mol.